The maximum atomic E-state index is 14.9. The first kappa shape index (κ1) is 28.0. The molecule has 0 bridgehead atoms. The molecule has 4 aromatic heterocycles. The van der Waals surface area contributed by atoms with E-state index in [1.807, 2.05) is 54.6 Å². The van der Waals surface area contributed by atoms with Crippen molar-refractivity contribution in [3.8, 4) is 11.4 Å². The molecule has 0 fully saturated rings. The summed E-state index contributed by atoms with van der Waals surface area (Å²) in [6.07, 6.45) is 4.69. The molecule has 4 heterocycles. The van der Waals surface area contributed by atoms with Gasteiger partial charge in [-0.25, -0.2) is 9.37 Å². The number of aromatic amines is 1. The second-order valence-electron chi connectivity index (χ2n) is 10.6. The van der Waals surface area contributed by atoms with Gasteiger partial charge in [0.25, 0.3) is 5.56 Å². The number of H-pyrrole nitrogens is 1. The number of rotatable bonds is 9. The van der Waals surface area contributed by atoms with Gasteiger partial charge in [0.05, 0.1) is 31.0 Å². The van der Waals surface area contributed by atoms with Crippen LogP contribution in [0.5, 0.6) is 0 Å². The number of nitrogens with one attached hydrogen (secondary N) is 3. The van der Waals surface area contributed by atoms with Crippen LogP contribution in [-0.2, 0) is 17.9 Å². The number of hydrogen-bond donors (Lipinski definition) is 4. The molecule has 7 rings (SSSR count). The molecule has 0 aliphatic heterocycles. The first-order valence-corrected chi connectivity index (χ1v) is 14.3. The van der Waals surface area contributed by atoms with Crippen molar-refractivity contribution < 1.29 is 18.7 Å². The van der Waals surface area contributed by atoms with E-state index in [1.54, 1.807) is 18.5 Å². The molecule has 0 spiro atoms. The number of anilines is 1. The summed E-state index contributed by atoms with van der Waals surface area (Å²) in [6.45, 7) is -0.569. The van der Waals surface area contributed by atoms with Crippen molar-refractivity contribution in [1.82, 2.24) is 24.8 Å². The number of fused-ring (bicyclic) bond motifs is 4. The average Bonchev–Trinajstić information content (AvgIpc) is 3.65. The fourth-order valence-electron chi connectivity index (χ4n) is 5.50. The van der Waals surface area contributed by atoms with Crippen molar-refractivity contribution >= 4 is 44.4 Å². The van der Waals surface area contributed by atoms with E-state index in [2.05, 4.69) is 25.6 Å². The van der Waals surface area contributed by atoms with E-state index >= 15 is 0 Å². The zero-order valence-electron chi connectivity index (χ0n) is 23.8. The molecule has 7 aromatic rings. The predicted octanol–water partition coefficient (Wildman–Crippen LogP) is 5.29. The zero-order valence-corrected chi connectivity index (χ0v) is 23.8. The van der Waals surface area contributed by atoms with Gasteiger partial charge >= 0.3 is 0 Å². The second kappa shape index (κ2) is 11.7. The fourth-order valence-corrected chi connectivity index (χ4v) is 5.50. The fraction of sp³-hybridized carbons (Fsp3) is 0.118. The van der Waals surface area contributed by atoms with Crippen LogP contribution in [0.25, 0.3) is 44.2 Å². The van der Waals surface area contributed by atoms with Crippen molar-refractivity contribution in [2.24, 2.45) is 0 Å². The second-order valence-corrected chi connectivity index (χ2v) is 10.6. The summed E-state index contributed by atoms with van der Waals surface area (Å²) in [4.78, 5) is 38.8. The number of aliphatic hydroxyl groups excluding tert-OH is 1. The third-order valence-corrected chi connectivity index (χ3v) is 7.73. The van der Waals surface area contributed by atoms with Crippen molar-refractivity contribution in [3.05, 3.63) is 125 Å². The number of pyridine rings is 1. The van der Waals surface area contributed by atoms with Crippen molar-refractivity contribution in [3.63, 3.8) is 0 Å². The van der Waals surface area contributed by atoms with Crippen molar-refractivity contribution in [1.29, 1.82) is 0 Å². The highest BCUT2D eigenvalue weighted by molar-refractivity contribution is 6.05. The van der Waals surface area contributed by atoms with E-state index in [0.717, 1.165) is 37.5 Å². The summed E-state index contributed by atoms with van der Waals surface area (Å²) in [6, 6.07) is 22.1. The number of halogens is 1. The minimum Gasteiger partial charge on any atom is -0.456 e. The van der Waals surface area contributed by atoms with Gasteiger partial charge < -0.3 is 25.1 Å². The van der Waals surface area contributed by atoms with Gasteiger partial charge in [-0.2, -0.15) is 0 Å². The lowest BCUT2D eigenvalue weighted by Crippen LogP contribution is -2.35. The summed E-state index contributed by atoms with van der Waals surface area (Å²) in [5, 5.41) is 19.0. The molecule has 45 heavy (non-hydrogen) atoms. The van der Waals surface area contributed by atoms with Gasteiger partial charge in [-0.3, -0.25) is 19.1 Å². The standard InChI is InChI=1S/C34H27FN6O4/c35-26-7-3-1-6-24(26)33-38-17-28(34(44)41(33)18-32(43)37-16-22-13-21-15-36-12-11-27(21)39-22)40-29(19-42)20-9-10-31-25(14-20)23-5-2-4-8-30(23)45-31/h1-15,17,29,39-40,42H,16,18-19H2,(H,37,43)/t29-/m1/s1. The maximum absolute atomic E-state index is 14.9. The van der Waals surface area contributed by atoms with Gasteiger partial charge in [-0.05, 0) is 48.0 Å². The molecule has 0 saturated heterocycles. The monoisotopic (exact) mass is 602 g/mol. The topological polar surface area (TPSA) is 138 Å². The van der Waals surface area contributed by atoms with E-state index in [9.17, 15) is 19.1 Å². The van der Waals surface area contributed by atoms with Crippen molar-refractivity contribution in [2.45, 2.75) is 19.1 Å². The average molecular weight is 603 g/mol. The summed E-state index contributed by atoms with van der Waals surface area (Å²) in [5.41, 5.74) is 3.33. The number of aliphatic hydroxyl groups is 1. The maximum Gasteiger partial charge on any atom is 0.277 e. The van der Waals surface area contributed by atoms with Crippen LogP contribution in [0.3, 0.4) is 0 Å². The number of carbonyl (C=O) groups is 1. The molecule has 11 heteroatoms. The van der Waals surface area contributed by atoms with Gasteiger partial charge in [0, 0.05) is 39.8 Å². The normalized spacial score (nSPS) is 12.1. The summed E-state index contributed by atoms with van der Waals surface area (Å²) in [5.74, 6) is -1.05. The summed E-state index contributed by atoms with van der Waals surface area (Å²) < 4.78 is 21.9. The van der Waals surface area contributed by atoms with Crippen molar-refractivity contribution in [2.75, 3.05) is 11.9 Å². The van der Waals surface area contributed by atoms with E-state index in [4.69, 9.17) is 4.42 Å². The van der Waals surface area contributed by atoms with Crippen LogP contribution in [0.1, 0.15) is 17.3 Å². The molecule has 0 unspecified atom stereocenters. The van der Waals surface area contributed by atoms with E-state index < -0.39 is 29.9 Å². The first-order chi connectivity index (χ1) is 22.0. The van der Waals surface area contributed by atoms with Gasteiger partial charge in [0.15, 0.2) is 0 Å². The number of carbonyl (C=O) groups excluding carboxylic acids is 1. The highest BCUT2D eigenvalue weighted by atomic mass is 19.1. The quantitative estimate of drug-likeness (QED) is 0.176. The zero-order chi connectivity index (χ0) is 30.9. The first-order valence-electron chi connectivity index (χ1n) is 14.3. The van der Waals surface area contributed by atoms with Gasteiger partial charge in [-0.15, -0.1) is 0 Å². The van der Waals surface area contributed by atoms with E-state index in [0.29, 0.717) is 11.1 Å². The molecule has 0 saturated carbocycles. The highest BCUT2D eigenvalue weighted by Crippen LogP contribution is 2.31. The number of para-hydroxylation sites is 1. The smallest absolute Gasteiger partial charge is 0.277 e. The van der Waals surface area contributed by atoms with Crippen LogP contribution in [-0.4, -0.2) is 37.1 Å². The Bertz CT molecular complexity index is 2220. The molecule has 1 atom stereocenters. The lowest BCUT2D eigenvalue weighted by Gasteiger charge is -2.20. The number of aromatic nitrogens is 4. The van der Waals surface area contributed by atoms with Crippen LogP contribution < -0.4 is 16.2 Å². The molecule has 224 valence electrons. The molecular weight excluding hydrogens is 575 g/mol. The van der Waals surface area contributed by atoms with Crippen LogP contribution in [0.4, 0.5) is 10.1 Å². The minimum absolute atomic E-state index is 0.00215. The molecule has 0 radical (unpaired) electrons. The Morgan fingerprint density at radius 1 is 1.00 bits per heavy atom. The van der Waals surface area contributed by atoms with Gasteiger partial charge in [0.2, 0.25) is 5.91 Å². The van der Waals surface area contributed by atoms with Crippen LogP contribution in [0.15, 0.2) is 107 Å². The lowest BCUT2D eigenvalue weighted by molar-refractivity contribution is -0.121. The molecule has 4 N–H and O–H groups in total. The number of hydrogen-bond acceptors (Lipinski definition) is 7. The number of nitrogens with zero attached hydrogens (tertiary/aromatic N) is 3. The lowest BCUT2D eigenvalue weighted by atomic mass is 10.0. The summed E-state index contributed by atoms with van der Waals surface area (Å²) >= 11 is 0. The summed E-state index contributed by atoms with van der Waals surface area (Å²) in [7, 11) is 0. The van der Waals surface area contributed by atoms with E-state index in [1.165, 1.54) is 24.4 Å². The molecule has 3 aromatic carbocycles. The minimum atomic E-state index is -0.685. The third kappa shape index (κ3) is 5.41. The Hall–Kier alpha value is -5.81. The largest absolute Gasteiger partial charge is 0.456 e. The Kier molecular flexibility index (Phi) is 7.28. The van der Waals surface area contributed by atoms with Crippen LogP contribution in [0.2, 0.25) is 0 Å². The third-order valence-electron chi connectivity index (χ3n) is 7.73. The van der Waals surface area contributed by atoms with E-state index in [-0.39, 0.29) is 30.2 Å². The Morgan fingerprint density at radius 2 is 1.82 bits per heavy atom. The molecule has 10 nitrogen and oxygen atoms in total. The molecule has 0 aliphatic rings. The predicted molar refractivity (Wildman–Crippen MR) is 169 cm³/mol. The molecular formula is C34H27FN6O4. The number of furan rings is 1. The molecule has 1 amide bonds. The highest BCUT2D eigenvalue weighted by Gasteiger charge is 2.21. The van der Waals surface area contributed by atoms with Crippen LogP contribution in [0, 0.1) is 5.82 Å². The van der Waals surface area contributed by atoms with Gasteiger partial charge in [0.1, 0.15) is 35.0 Å². The van der Waals surface area contributed by atoms with Crippen LogP contribution >= 0.6 is 0 Å². The number of benzene rings is 3. The SMILES string of the molecule is O=C(Cn1c(-c2ccccc2F)ncc(N[C@H](CO)c2ccc3oc4ccccc4c3c2)c1=O)NCc1cc2cnccc2[nH]1. The molecule has 0 aliphatic carbocycles. The Balaban J connectivity index is 1.19. The van der Waals surface area contributed by atoms with Gasteiger partial charge in [-0.1, -0.05) is 36.4 Å². The Labute approximate surface area is 255 Å². The Morgan fingerprint density at radius 3 is 2.67 bits per heavy atom. The number of amides is 1.